The minimum atomic E-state index is -0.136. The van der Waals surface area contributed by atoms with Gasteiger partial charge in [-0.1, -0.05) is 31.6 Å². The van der Waals surface area contributed by atoms with Gasteiger partial charge in [0.2, 0.25) is 0 Å². The molecular formula is C10H15F. The summed E-state index contributed by atoms with van der Waals surface area (Å²) in [6, 6.07) is 0. The van der Waals surface area contributed by atoms with Crippen LogP contribution in [0.5, 0.6) is 0 Å². The van der Waals surface area contributed by atoms with E-state index in [1.807, 2.05) is 26.8 Å². The summed E-state index contributed by atoms with van der Waals surface area (Å²) in [5.41, 5.74) is 1.12. The average molecular weight is 154 g/mol. The predicted molar refractivity (Wildman–Crippen MR) is 48.1 cm³/mol. The molecule has 0 radical (unpaired) electrons. The van der Waals surface area contributed by atoms with Crippen molar-refractivity contribution in [2.45, 2.75) is 27.2 Å². The zero-order valence-electron chi connectivity index (χ0n) is 7.39. The van der Waals surface area contributed by atoms with Gasteiger partial charge in [0, 0.05) is 0 Å². The highest BCUT2D eigenvalue weighted by atomic mass is 19.1. The van der Waals surface area contributed by atoms with E-state index in [1.165, 1.54) is 6.08 Å². The number of rotatable bonds is 0. The Morgan fingerprint density at radius 2 is 1.82 bits per heavy atom. The van der Waals surface area contributed by atoms with Crippen LogP contribution in [0.3, 0.4) is 0 Å². The van der Waals surface area contributed by atoms with Crippen LogP contribution in [0.1, 0.15) is 27.2 Å². The first kappa shape index (κ1) is 10.2. The number of halogens is 1. The Labute approximate surface area is 68.1 Å². The Morgan fingerprint density at radius 1 is 1.18 bits per heavy atom. The van der Waals surface area contributed by atoms with Crippen molar-refractivity contribution < 1.29 is 4.39 Å². The third-order valence-electron chi connectivity index (χ3n) is 1.26. The van der Waals surface area contributed by atoms with E-state index in [2.05, 4.69) is 0 Å². The highest BCUT2D eigenvalue weighted by molar-refractivity contribution is 5.27. The molecule has 0 aromatic rings. The van der Waals surface area contributed by atoms with E-state index in [0.29, 0.717) is 6.42 Å². The number of hydrogen-bond acceptors (Lipinski definition) is 0. The standard InChI is InChI=1S/C8H9F.C2H6/c1-7-3-2-4-8(9)6-5-7;1-2/h3-6H,2H2,1H3;1-2H3. The monoisotopic (exact) mass is 154 g/mol. The van der Waals surface area contributed by atoms with E-state index in [0.717, 1.165) is 5.57 Å². The van der Waals surface area contributed by atoms with Crippen LogP contribution in [0.15, 0.2) is 35.7 Å². The minimum absolute atomic E-state index is 0.136. The summed E-state index contributed by atoms with van der Waals surface area (Å²) >= 11 is 0. The van der Waals surface area contributed by atoms with Crippen molar-refractivity contribution in [3.05, 3.63) is 35.7 Å². The topological polar surface area (TPSA) is 0 Å². The lowest BCUT2D eigenvalue weighted by atomic mass is 10.2. The van der Waals surface area contributed by atoms with Gasteiger partial charge in [0.05, 0.1) is 0 Å². The Bertz CT molecular complexity index is 165. The fraction of sp³-hybridized carbons (Fsp3) is 0.400. The summed E-state index contributed by atoms with van der Waals surface area (Å²) in [4.78, 5) is 0. The lowest BCUT2D eigenvalue weighted by Crippen LogP contribution is -1.62. The fourth-order valence-corrected chi connectivity index (χ4v) is 0.705. The van der Waals surface area contributed by atoms with Crippen molar-refractivity contribution in [3.63, 3.8) is 0 Å². The summed E-state index contributed by atoms with van der Waals surface area (Å²) in [7, 11) is 0. The zero-order chi connectivity index (χ0) is 8.69. The third-order valence-corrected chi connectivity index (χ3v) is 1.26. The van der Waals surface area contributed by atoms with E-state index in [-0.39, 0.29) is 5.83 Å². The smallest absolute Gasteiger partial charge is 0.119 e. The molecule has 0 atom stereocenters. The fourth-order valence-electron chi connectivity index (χ4n) is 0.705. The molecule has 1 aliphatic carbocycles. The van der Waals surface area contributed by atoms with Crippen LogP contribution < -0.4 is 0 Å². The molecular weight excluding hydrogens is 139 g/mol. The lowest BCUT2D eigenvalue weighted by Gasteiger charge is -1.82. The largest absolute Gasteiger partial charge is 0.207 e. The molecule has 0 saturated heterocycles. The second kappa shape index (κ2) is 5.90. The Hall–Kier alpha value is -0.850. The van der Waals surface area contributed by atoms with Crippen molar-refractivity contribution >= 4 is 0 Å². The first-order chi connectivity index (χ1) is 5.29. The zero-order valence-corrected chi connectivity index (χ0v) is 7.39. The van der Waals surface area contributed by atoms with Gasteiger partial charge >= 0.3 is 0 Å². The molecule has 0 heterocycles. The van der Waals surface area contributed by atoms with Gasteiger partial charge in [-0.05, 0) is 25.5 Å². The Kier molecular flexibility index (Phi) is 5.44. The molecule has 0 amide bonds. The summed E-state index contributed by atoms with van der Waals surface area (Å²) in [6.07, 6.45) is 7.53. The van der Waals surface area contributed by atoms with Gasteiger partial charge in [-0.3, -0.25) is 0 Å². The van der Waals surface area contributed by atoms with E-state index in [1.54, 1.807) is 12.2 Å². The van der Waals surface area contributed by atoms with Crippen molar-refractivity contribution in [3.8, 4) is 0 Å². The molecule has 0 bridgehead atoms. The van der Waals surface area contributed by atoms with Gasteiger partial charge in [0.25, 0.3) is 0 Å². The Morgan fingerprint density at radius 3 is 2.45 bits per heavy atom. The maximum Gasteiger partial charge on any atom is 0.119 e. The Balaban J connectivity index is 0.000000461. The first-order valence-electron chi connectivity index (χ1n) is 3.99. The lowest BCUT2D eigenvalue weighted by molar-refractivity contribution is 0.663. The molecule has 0 nitrogen and oxygen atoms in total. The summed E-state index contributed by atoms with van der Waals surface area (Å²) in [6.45, 7) is 5.96. The van der Waals surface area contributed by atoms with Gasteiger partial charge < -0.3 is 0 Å². The van der Waals surface area contributed by atoms with Crippen molar-refractivity contribution in [2.24, 2.45) is 0 Å². The van der Waals surface area contributed by atoms with Crippen molar-refractivity contribution in [1.29, 1.82) is 0 Å². The second-order valence-corrected chi connectivity index (χ2v) is 2.11. The maximum atomic E-state index is 12.4. The molecule has 1 aliphatic rings. The SMILES string of the molecule is CC.CC1=CCC=C(F)C=C1. The molecule has 62 valence electrons. The summed E-state index contributed by atoms with van der Waals surface area (Å²) in [5.74, 6) is -0.136. The number of allylic oxidation sites excluding steroid dienone is 6. The van der Waals surface area contributed by atoms with Crippen LogP contribution in [0.4, 0.5) is 4.39 Å². The highest BCUT2D eigenvalue weighted by Crippen LogP contribution is 2.09. The highest BCUT2D eigenvalue weighted by Gasteiger charge is 1.90. The van der Waals surface area contributed by atoms with Crippen molar-refractivity contribution in [1.82, 2.24) is 0 Å². The molecule has 1 heteroatoms. The molecule has 1 rings (SSSR count). The first-order valence-corrected chi connectivity index (χ1v) is 3.99. The van der Waals surface area contributed by atoms with Gasteiger partial charge in [0.1, 0.15) is 5.83 Å². The van der Waals surface area contributed by atoms with Gasteiger partial charge in [-0.2, -0.15) is 0 Å². The van der Waals surface area contributed by atoms with Crippen LogP contribution in [0.2, 0.25) is 0 Å². The molecule has 0 aromatic carbocycles. The molecule has 0 aliphatic heterocycles. The molecule has 11 heavy (non-hydrogen) atoms. The van der Waals surface area contributed by atoms with Gasteiger partial charge in [-0.15, -0.1) is 0 Å². The van der Waals surface area contributed by atoms with E-state index in [4.69, 9.17) is 0 Å². The predicted octanol–water partition coefficient (Wildman–Crippen LogP) is 3.77. The molecule has 0 spiro atoms. The molecule has 0 N–H and O–H groups in total. The van der Waals surface area contributed by atoms with E-state index < -0.39 is 0 Å². The van der Waals surface area contributed by atoms with Gasteiger partial charge in [-0.25, -0.2) is 4.39 Å². The van der Waals surface area contributed by atoms with E-state index in [9.17, 15) is 4.39 Å². The molecule has 0 unspecified atom stereocenters. The molecule has 0 saturated carbocycles. The third kappa shape index (κ3) is 4.54. The number of hydrogen-bond donors (Lipinski definition) is 0. The van der Waals surface area contributed by atoms with Gasteiger partial charge in [0.15, 0.2) is 0 Å². The van der Waals surface area contributed by atoms with Crippen LogP contribution in [0.25, 0.3) is 0 Å². The summed E-state index contributed by atoms with van der Waals surface area (Å²) in [5, 5.41) is 0. The van der Waals surface area contributed by atoms with Crippen LogP contribution in [-0.4, -0.2) is 0 Å². The molecule has 0 aromatic heterocycles. The van der Waals surface area contributed by atoms with Crippen LogP contribution in [-0.2, 0) is 0 Å². The maximum absolute atomic E-state index is 12.4. The second-order valence-electron chi connectivity index (χ2n) is 2.11. The quantitative estimate of drug-likeness (QED) is 0.498. The summed E-state index contributed by atoms with van der Waals surface area (Å²) < 4.78 is 12.4. The minimum Gasteiger partial charge on any atom is -0.207 e. The molecule has 0 fully saturated rings. The van der Waals surface area contributed by atoms with E-state index >= 15 is 0 Å². The van der Waals surface area contributed by atoms with Crippen LogP contribution in [0, 0.1) is 0 Å². The van der Waals surface area contributed by atoms with Crippen LogP contribution >= 0.6 is 0 Å². The van der Waals surface area contributed by atoms with Crippen molar-refractivity contribution in [2.75, 3.05) is 0 Å². The average Bonchev–Trinajstić information content (AvgIpc) is 2.20. The normalized spacial score (nSPS) is 15.6.